The molecule has 2 aliphatic heterocycles. The summed E-state index contributed by atoms with van der Waals surface area (Å²) in [6.07, 6.45) is 0.788. The van der Waals surface area contributed by atoms with Crippen LogP contribution < -0.4 is 5.32 Å². The molecule has 3 rings (SSSR count). The minimum Gasteiger partial charge on any atom is -0.337 e. The van der Waals surface area contributed by atoms with Gasteiger partial charge in [-0.2, -0.15) is 0 Å². The number of hydrogen-bond donors (Lipinski definition) is 1. The molecule has 0 aliphatic carbocycles. The predicted molar refractivity (Wildman–Crippen MR) is 82.3 cm³/mol. The summed E-state index contributed by atoms with van der Waals surface area (Å²) in [7, 11) is 0. The first-order valence-electron chi connectivity index (χ1n) is 7.45. The van der Waals surface area contributed by atoms with Crippen LogP contribution >= 0.6 is 12.4 Å². The van der Waals surface area contributed by atoms with Gasteiger partial charge >= 0.3 is 0 Å². The van der Waals surface area contributed by atoms with E-state index in [1.165, 1.54) is 4.90 Å². The van der Waals surface area contributed by atoms with Crippen molar-refractivity contribution in [3.63, 3.8) is 0 Å². The average molecular weight is 350 g/mol. The molecule has 0 bridgehead atoms. The lowest BCUT2D eigenvalue weighted by atomic mass is 10.1. The summed E-state index contributed by atoms with van der Waals surface area (Å²) in [4.78, 5) is 16.1. The third-order valence-corrected chi connectivity index (χ3v) is 4.34. The molecule has 4 nitrogen and oxygen atoms in total. The molecule has 0 radical (unpaired) electrons. The van der Waals surface area contributed by atoms with E-state index in [1.807, 2.05) is 0 Å². The van der Waals surface area contributed by atoms with Crippen LogP contribution in [0, 0.1) is 17.5 Å². The van der Waals surface area contributed by atoms with Gasteiger partial charge < -0.3 is 10.2 Å². The SMILES string of the molecule is Cl.O=C(c1c(F)cc(F)cc1F)N1CCC(N2CCNCC2)C1. The zero-order valence-electron chi connectivity index (χ0n) is 12.5. The molecule has 8 heteroatoms. The fourth-order valence-corrected chi connectivity index (χ4v) is 3.18. The van der Waals surface area contributed by atoms with Crippen molar-refractivity contribution in [1.29, 1.82) is 0 Å². The van der Waals surface area contributed by atoms with Crippen molar-refractivity contribution in [3.05, 3.63) is 35.1 Å². The lowest BCUT2D eigenvalue weighted by Crippen LogP contribution is -2.49. The van der Waals surface area contributed by atoms with Crippen molar-refractivity contribution in [3.8, 4) is 0 Å². The first kappa shape index (κ1) is 18.0. The molecular formula is C15H19ClF3N3O. The predicted octanol–water partition coefficient (Wildman–Crippen LogP) is 1.65. The molecule has 2 fully saturated rings. The highest BCUT2D eigenvalue weighted by Crippen LogP contribution is 2.22. The summed E-state index contributed by atoms with van der Waals surface area (Å²) < 4.78 is 40.4. The number of carbonyl (C=O) groups is 1. The van der Waals surface area contributed by atoms with Gasteiger partial charge in [0.2, 0.25) is 0 Å². The zero-order chi connectivity index (χ0) is 15.7. The number of amides is 1. The van der Waals surface area contributed by atoms with Gasteiger partial charge in [0, 0.05) is 57.4 Å². The second-order valence-electron chi connectivity index (χ2n) is 5.72. The number of nitrogens with one attached hydrogen (secondary N) is 1. The molecule has 1 aromatic rings. The van der Waals surface area contributed by atoms with Gasteiger partial charge in [-0.1, -0.05) is 0 Å². The molecule has 2 saturated heterocycles. The Labute approximate surface area is 139 Å². The maximum atomic E-state index is 13.7. The number of rotatable bonds is 2. The van der Waals surface area contributed by atoms with Gasteiger partial charge in [-0.05, 0) is 6.42 Å². The van der Waals surface area contributed by atoms with E-state index >= 15 is 0 Å². The summed E-state index contributed by atoms with van der Waals surface area (Å²) in [6, 6.07) is 1.30. The molecular weight excluding hydrogens is 331 g/mol. The number of piperazine rings is 1. The van der Waals surface area contributed by atoms with Crippen LogP contribution in [0.25, 0.3) is 0 Å². The first-order chi connectivity index (χ1) is 10.6. The van der Waals surface area contributed by atoms with E-state index in [1.54, 1.807) is 0 Å². The Bertz CT molecular complexity index is 558. The van der Waals surface area contributed by atoms with Crippen LogP contribution in [0.4, 0.5) is 13.2 Å². The Morgan fingerprint density at radius 2 is 1.70 bits per heavy atom. The van der Waals surface area contributed by atoms with Crippen LogP contribution in [0.15, 0.2) is 12.1 Å². The normalized spacial score (nSPS) is 22.0. The third-order valence-electron chi connectivity index (χ3n) is 4.34. The van der Waals surface area contributed by atoms with E-state index in [2.05, 4.69) is 10.2 Å². The number of hydrogen-bond acceptors (Lipinski definition) is 3. The van der Waals surface area contributed by atoms with Gasteiger partial charge in [0.1, 0.15) is 23.0 Å². The van der Waals surface area contributed by atoms with Gasteiger partial charge in [-0.15, -0.1) is 12.4 Å². The molecule has 0 spiro atoms. The van der Waals surface area contributed by atoms with Crippen molar-refractivity contribution in [2.45, 2.75) is 12.5 Å². The van der Waals surface area contributed by atoms with Gasteiger partial charge in [-0.3, -0.25) is 9.69 Å². The lowest BCUT2D eigenvalue weighted by molar-refractivity contribution is 0.0763. The molecule has 128 valence electrons. The number of likely N-dealkylation sites (tertiary alicyclic amines) is 1. The standard InChI is InChI=1S/C15H18F3N3O.ClH/c16-10-7-12(17)14(13(18)8-10)15(22)21-4-1-11(9-21)20-5-2-19-3-6-20;/h7-8,11,19H,1-6,9H2;1H. The molecule has 2 aliphatic rings. The molecule has 2 heterocycles. The topological polar surface area (TPSA) is 35.6 Å². The number of carbonyl (C=O) groups excluding carboxylic acids is 1. The number of benzene rings is 1. The van der Waals surface area contributed by atoms with Gasteiger partial charge in [0.15, 0.2) is 0 Å². The summed E-state index contributed by atoms with van der Waals surface area (Å²) >= 11 is 0. The molecule has 23 heavy (non-hydrogen) atoms. The molecule has 0 saturated carbocycles. The smallest absolute Gasteiger partial charge is 0.259 e. The van der Waals surface area contributed by atoms with Crippen molar-refractivity contribution in [1.82, 2.24) is 15.1 Å². The molecule has 1 N–H and O–H groups in total. The highest BCUT2D eigenvalue weighted by molar-refractivity contribution is 5.95. The molecule has 1 atom stereocenters. The molecule has 0 aromatic heterocycles. The number of nitrogens with zero attached hydrogens (tertiary/aromatic N) is 2. The Kier molecular flexibility index (Phi) is 5.89. The van der Waals surface area contributed by atoms with Gasteiger partial charge in [0.25, 0.3) is 5.91 Å². The number of halogens is 4. The summed E-state index contributed by atoms with van der Waals surface area (Å²) in [5, 5.41) is 3.26. The second kappa shape index (κ2) is 7.51. The monoisotopic (exact) mass is 349 g/mol. The van der Waals surface area contributed by atoms with E-state index in [9.17, 15) is 18.0 Å². The van der Waals surface area contributed by atoms with E-state index in [-0.39, 0.29) is 18.4 Å². The van der Waals surface area contributed by atoms with E-state index in [0.29, 0.717) is 25.2 Å². The lowest BCUT2D eigenvalue weighted by Gasteiger charge is -2.32. The van der Waals surface area contributed by atoms with Gasteiger partial charge in [-0.25, -0.2) is 13.2 Å². The van der Waals surface area contributed by atoms with E-state index in [4.69, 9.17) is 0 Å². The molecule has 1 amide bonds. The highest BCUT2D eigenvalue weighted by Gasteiger charge is 2.33. The van der Waals surface area contributed by atoms with Crippen molar-refractivity contribution in [2.75, 3.05) is 39.3 Å². The van der Waals surface area contributed by atoms with Crippen LogP contribution in [0.3, 0.4) is 0 Å². The summed E-state index contributed by atoms with van der Waals surface area (Å²) in [6.45, 7) is 4.55. The van der Waals surface area contributed by atoms with Crippen molar-refractivity contribution < 1.29 is 18.0 Å². The van der Waals surface area contributed by atoms with Crippen LogP contribution in [-0.2, 0) is 0 Å². The third kappa shape index (κ3) is 3.79. The minimum atomic E-state index is -1.15. The zero-order valence-corrected chi connectivity index (χ0v) is 13.3. The highest BCUT2D eigenvalue weighted by atomic mass is 35.5. The van der Waals surface area contributed by atoms with Crippen LogP contribution in [0.2, 0.25) is 0 Å². The fraction of sp³-hybridized carbons (Fsp3) is 0.533. The molecule has 1 unspecified atom stereocenters. The maximum absolute atomic E-state index is 13.7. The second-order valence-corrected chi connectivity index (χ2v) is 5.72. The fourth-order valence-electron chi connectivity index (χ4n) is 3.18. The van der Waals surface area contributed by atoms with Crippen LogP contribution in [0.1, 0.15) is 16.8 Å². The maximum Gasteiger partial charge on any atom is 0.259 e. The minimum absolute atomic E-state index is 0. The largest absolute Gasteiger partial charge is 0.337 e. The molecule has 1 aromatic carbocycles. The van der Waals surface area contributed by atoms with Crippen LogP contribution in [0.5, 0.6) is 0 Å². The first-order valence-corrected chi connectivity index (χ1v) is 7.45. The average Bonchev–Trinajstić information content (AvgIpc) is 2.97. The van der Waals surface area contributed by atoms with Crippen LogP contribution in [-0.4, -0.2) is 61.0 Å². The van der Waals surface area contributed by atoms with E-state index < -0.39 is 28.9 Å². The Hall–Kier alpha value is -1.31. The van der Waals surface area contributed by atoms with E-state index in [0.717, 1.165) is 32.6 Å². The quantitative estimate of drug-likeness (QED) is 0.882. The Balaban J connectivity index is 0.00000192. The van der Waals surface area contributed by atoms with Crippen molar-refractivity contribution >= 4 is 18.3 Å². The van der Waals surface area contributed by atoms with Gasteiger partial charge in [0.05, 0.1) is 0 Å². The Morgan fingerprint density at radius 1 is 1.09 bits per heavy atom. The Morgan fingerprint density at radius 3 is 2.30 bits per heavy atom. The van der Waals surface area contributed by atoms with Crippen molar-refractivity contribution in [2.24, 2.45) is 0 Å². The summed E-state index contributed by atoms with van der Waals surface area (Å²) in [5.74, 6) is -4.01. The summed E-state index contributed by atoms with van der Waals surface area (Å²) in [5.41, 5.74) is -0.664.